The summed E-state index contributed by atoms with van der Waals surface area (Å²) in [7, 11) is 3.85. The summed E-state index contributed by atoms with van der Waals surface area (Å²) in [4.78, 5) is 8.45. The third-order valence-corrected chi connectivity index (χ3v) is 2.68. The van der Waals surface area contributed by atoms with E-state index in [0.29, 0.717) is 0 Å². The molecule has 2 heterocycles. The molecule has 2 aromatic heterocycles. The maximum Gasteiger partial charge on any atom is 0.163 e. The normalized spacial score (nSPS) is 10.9. The van der Waals surface area contributed by atoms with E-state index in [1.165, 1.54) is 0 Å². The first kappa shape index (κ1) is 11.8. The Morgan fingerprint density at radius 3 is 2.88 bits per heavy atom. The van der Waals surface area contributed by atoms with Crippen LogP contribution >= 0.6 is 0 Å². The van der Waals surface area contributed by atoms with Crippen LogP contribution in [0.5, 0.6) is 0 Å². The van der Waals surface area contributed by atoms with Crippen LogP contribution in [-0.4, -0.2) is 39.9 Å². The fourth-order valence-electron chi connectivity index (χ4n) is 1.74. The molecule has 2 N–H and O–H groups in total. The van der Waals surface area contributed by atoms with Crippen LogP contribution in [0.15, 0.2) is 12.5 Å². The molecule has 0 aliphatic carbocycles. The van der Waals surface area contributed by atoms with Gasteiger partial charge in [0.15, 0.2) is 5.65 Å². The number of nitrogens with one attached hydrogen (secondary N) is 2. The standard InChI is InChI=1S/C11H18N6/c1-12-5-3-4-6-13-10-9-7-16-17(2)11(9)15-8-14-10/h7-8,12H,3-6H2,1-2H3,(H,13,14,15). The first-order chi connectivity index (χ1) is 8.33. The monoisotopic (exact) mass is 234 g/mol. The van der Waals surface area contributed by atoms with Gasteiger partial charge in [0.1, 0.15) is 12.1 Å². The summed E-state index contributed by atoms with van der Waals surface area (Å²) in [6.07, 6.45) is 5.64. The second kappa shape index (κ2) is 5.58. The van der Waals surface area contributed by atoms with E-state index in [9.17, 15) is 0 Å². The minimum atomic E-state index is 0.859. The molecular formula is C11H18N6. The molecule has 0 atom stereocenters. The number of hydrogen-bond acceptors (Lipinski definition) is 5. The Bertz CT molecular complexity index is 478. The highest BCUT2D eigenvalue weighted by atomic mass is 15.3. The maximum absolute atomic E-state index is 4.25. The Morgan fingerprint density at radius 2 is 2.06 bits per heavy atom. The average molecular weight is 234 g/mol. The van der Waals surface area contributed by atoms with Gasteiger partial charge in [-0.25, -0.2) is 9.97 Å². The molecule has 0 unspecified atom stereocenters. The molecule has 2 rings (SSSR count). The Hall–Kier alpha value is -1.69. The van der Waals surface area contributed by atoms with Crippen molar-refractivity contribution in [2.75, 3.05) is 25.5 Å². The lowest BCUT2D eigenvalue weighted by Gasteiger charge is -2.05. The number of hydrogen-bond donors (Lipinski definition) is 2. The summed E-state index contributed by atoms with van der Waals surface area (Å²) < 4.78 is 1.75. The SMILES string of the molecule is CNCCCCNc1ncnc2c1cnn2C. The van der Waals surface area contributed by atoms with E-state index in [0.717, 1.165) is 42.8 Å². The van der Waals surface area contributed by atoms with Crippen molar-refractivity contribution in [2.45, 2.75) is 12.8 Å². The molecular weight excluding hydrogens is 216 g/mol. The lowest BCUT2D eigenvalue weighted by atomic mass is 10.3. The lowest BCUT2D eigenvalue weighted by Crippen LogP contribution is -2.10. The zero-order valence-corrected chi connectivity index (χ0v) is 10.3. The van der Waals surface area contributed by atoms with Gasteiger partial charge in [-0.1, -0.05) is 0 Å². The fraction of sp³-hybridized carbons (Fsp3) is 0.545. The van der Waals surface area contributed by atoms with E-state index in [-0.39, 0.29) is 0 Å². The van der Waals surface area contributed by atoms with E-state index in [1.807, 2.05) is 14.1 Å². The van der Waals surface area contributed by atoms with Crippen molar-refractivity contribution >= 4 is 16.9 Å². The second-order valence-corrected chi connectivity index (χ2v) is 3.97. The number of unbranched alkanes of at least 4 members (excludes halogenated alkanes) is 1. The topological polar surface area (TPSA) is 67.7 Å². The third-order valence-electron chi connectivity index (χ3n) is 2.68. The van der Waals surface area contributed by atoms with Crippen molar-refractivity contribution in [3.8, 4) is 0 Å². The number of rotatable bonds is 6. The van der Waals surface area contributed by atoms with E-state index < -0.39 is 0 Å². The van der Waals surface area contributed by atoms with Crippen LogP contribution < -0.4 is 10.6 Å². The molecule has 92 valence electrons. The van der Waals surface area contributed by atoms with Crippen molar-refractivity contribution < 1.29 is 0 Å². The van der Waals surface area contributed by atoms with Crippen molar-refractivity contribution in [1.82, 2.24) is 25.1 Å². The minimum absolute atomic E-state index is 0.859. The Balaban J connectivity index is 1.99. The van der Waals surface area contributed by atoms with Crippen molar-refractivity contribution in [1.29, 1.82) is 0 Å². The molecule has 0 fully saturated rings. The molecule has 6 nitrogen and oxygen atoms in total. The number of aryl methyl sites for hydroxylation is 1. The quantitative estimate of drug-likeness (QED) is 0.723. The molecule has 0 saturated heterocycles. The number of nitrogens with zero attached hydrogens (tertiary/aromatic N) is 4. The molecule has 0 saturated carbocycles. The van der Waals surface area contributed by atoms with Gasteiger partial charge in [0.05, 0.1) is 11.6 Å². The summed E-state index contributed by atoms with van der Waals surface area (Å²) >= 11 is 0. The fourth-order valence-corrected chi connectivity index (χ4v) is 1.74. The van der Waals surface area contributed by atoms with Crippen LogP contribution in [0.4, 0.5) is 5.82 Å². The van der Waals surface area contributed by atoms with Gasteiger partial charge in [-0.3, -0.25) is 4.68 Å². The van der Waals surface area contributed by atoms with Crippen molar-refractivity contribution in [3.05, 3.63) is 12.5 Å². The van der Waals surface area contributed by atoms with Gasteiger partial charge in [0, 0.05) is 13.6 Å². The lowest BCUT2D eigenvalue weighted by molar-refractivity contribution is 0.694. The molecule has 0 amide bonds. The van der Waals surface area contributed by atoms with Crippen molar-refractivity contribution in [3.63, 3.8) is 0 Å². The molecule has 0 spiro atoms. The van der Waals surface area contributed by atoms with Gasteiger partial charge >= 0.3 is 0 Å². The van der Waals surface area contributed by atoms with E-state index in [1.54, 1.807) is 17.2 Å². The van der Waals surface area contributed by atoms with Gasteiger partial charge in [-0.2, -0.15) is 5.10 Å². The third kappa shape index (κ3) is 2.71. The Kier molecular flexibility index (Phi) is 3.87. The van der Waals surface area contributed by atoms with E-state index in [2.05, 4.69) is 25.7 Å². The van der Waals surface area contributed by atoms with Gasteiger partial charge in [0.2, 0.25) is 0 Å². The highest BCUT2D eigenvalue weighted by molar-refractivity contribution is 5.85. The van der Waals surface area contributed by atoms with Crippen LogP contribution in [0.25, 0.3) is 11.0 Å². The average Bonchev–Trinajstić information content (AvgIpc) is 2.72. The maximum atomic E-state index is 4.25. The second-order valence-electron chi connectivity index (χ2n) is 3.97. The Morgan fingerprint density at radius 1 is 1.24 bits per heavy atom. The largest absolute Gasteiger partial charge is 0.369 e. The van der Waals surface area contributed by atoms with Gasteiger partial charge in [-0.05, 0) is 26.4 Å². The Labute approximate surface area is 100 Å². The van der Waals surface area contributed by atoms with E-state index in [4.69, 9.17) is 0 Å². The van der Waals surface area contributed by atoms with Crippen LogP contribution in [0.2, 0.25) is 0 Å². The zero-order chi connectivity index (χ0) is 12.1. The predicted octanol–water partition coefficient (Wildman–Crippen LogP) is 0.775. The minimum Gasteiger partial charge on any atom is -0.369 e. The first-order valence-electron chi connectivity index (χ1n) is 5.84. The summed E-state index contributed by atoms with van der Waals surface area (Å²) in [5.41, 5.74) is 0.859. The summed E-state index contributed by atoms with van der Waals surface area (Å²) in [5.74, 6) is 0.868. The highest BCUT2D eigenvalue weighted by Gasteiger charge is 2.06. The molecule has 2 aromatic rings. The van der Waals surface area contributed by atoms with Gasteiger partial charge < -0.3 is 10.6 Å². The zero-order valence-electron chi connectivity index (χ0n) is 10.3. The molecule has 0 aromatic carbocycles. The first-order valence-corrected chi connectivity index (χ1v) is 5.84. The number of fused-ring (bicyclic) bond motifs is 1. The molecule has 0 bridgehead atoms. The predicted molar refractivity (Wildman–Crippen MR) is 68.0 cm³/mol. The highest BCUT2D eigenvalue weighted by Crippen LogP contribution is 2.17. The summed E-state index contributed by atoms with van der Waals surface area (Å²) in [5, 5.41) is 11.6. The molecule has 0 radical (unpaired) electrons. The summed E-state index contributed by atoms with van der Waals surface area (Å²) in [6.45, 7) is 1.97. The smallest absolute Gasteiger partial charge is 0.163 e. The van der Waals surface area contributed by atoms with Gasteiger partial charge in [-0.15, -0.1) is 0 Å². The summed E-state index contributed by atoms with van der Waals surface area (Å²) in [6, 6.07) is 0. The van der Waals surface area contributed by atoms with Crippen LogP contribution in [0.3, 0.4) is 0 Å². The van der Waals surface area contributed by atoms with Crippen LogP contribution in [0, 0.1) is 0 Å². The van der Waals surface area contributed by atoms with Crippen LogP contribution in [-0.2, 0) is 7.05 Å². The molecule has 0 aliphatic rings. The molecule has 6 heteroatoms. The molecule has 17 heavy (non-hydrogen) atoms. The van der Waals surface area contributed by atoms with E-state index >= 15 is 0 Å². The van der Waals surface area contributed by atoms with Gasteiger partial charge in [0.25, 0.3) is 0 Å². The van der Waals surface area contributed by atoms with Crippen LogP contribution in [0.1, 0.15) is 12.8 Å². The molecule has 0 aliphatic heterocycles. The number of aromatic nitrogens is 4. The van der Waals surface area contributed by atoms with Crippen molar-refractivity contribution in [2.24, 2.45) is 7.05 Å². The number of anilines is 1.